The van der Waals surface area contributed by atoms with Gasteiger partial charge in [-0.05, 0) is 26.3 Å². The topological polar surface area (TPSA) is 76.9 Å². The molecule has 7 heteroatoms. The summed E-state index contributed by atoms with van der Waals surface area (Å²) < 4.78 is 26.3. The minimum absolute atomic E-state index is 0.216. The summed E-state index contributed by atoms with van der Waals surface area (Å²) >= 11 is 0. The maximum absolute atomic E-state index is 12.3. The first-order valence-electron chi connectivity index (χ1n) is 6.87. The molecule has 0 amide bonds. The first-order chi connectivity index (χ1) is 9.10. The van der Waals surface area contributed by atoms with E-state index >= 15 is 0 Å². The third kappa shape index (κ3) is 2.97. The van der Waals surface area contributed by atoms with Crippen molar-refractivity contribution in [1.82, 2.24) is 20.3 Å². The molecule has 1 aliphatic rings. The van der Waals surface area contributed by atoms with E-state index in [2.05, 4.69) is 22.6 Å². The second-order valence-electron chi connectivity index (χ2n) is 5.05. The zero-order valence-electron chi connectivity index (χ0n) is 11.5. The molecule has 1 N–H and O–H groups in total. The summed E-state index contributed by atoms with van der Waals surface area (Å²) in [5.74, 6) is 0.297. The molecule has 0 bridgehead atoms. The van der Waals surface area contributed by atoms with E-state index in [4.69, 9.17) is 0 Å². The Kier molecular flexibility index (Phi) is 4.57. The summed E-state index contributed by atoms with van der Waals surface area (Å²) in [5.41, 5.74) is 0.875. The fraction of sp³-hybridized carbons (Fsp3) is 0.833. The molecule has 2 heterocycles. The van der Waals surface area contributed by atoms with Crippen LogP contribution < -0.4 is 5.32 Å². The van der Waals surface area contributed by atoms with Gasteiger partial charge in [-0.1, -0.05) is 18.6 Å². The van der Waals surface area contributed by atoms with Gasteiger partial charge in [0.2, 0.25) is 0 Å². The van der Waals surface area contributed by atoms with Crippen LogP contribution in [-0.2, 0) is 16.4 Å². The van der Waals surface area contributed by atoms with E-state index in [0.29, 0.717) is 12.2 Å². The van der Waals surface area contributed by atoms with Crippen molar-refractivity contribution >= 4 is 9.84 Å². The standard InChI is InChI=1S/C12H22N4O2S/c1-3-7-16-10(9-14-15-16)12(13-2)11-6-4-5-8-19(11,17)18/h9,11-13H,3-8H2,1-2H3. The van der Waals surface area contributed by atoms with Gasteiger partial charge in [0.25, 0.3) is 0 Å². The molecule has 1 aromatic heterocycles. The van der Waals surface area contributed by atoms with Crippen molar-refractivity contribution in [1.29, 1.82) is 0 Å². The van der Waals surface area contributed by atoms with Crippen molar-refractivity contribution < 1.29 is 8.42 Å². The van der Waals surface area contributed by atoms with Crippen LogP contribution in [0.25, 0.3) is 0 Å². The maximum atomic E-state index is 12.3. The van der Waals surface area contributed by atoms with Gasteiger partial charge in [0.05, 0.1) is 28.9 Å². The average molecular weight is 286 g/mol. The van der Waals surface area contributed by atoms with Crippen molar-refractivity contribution in [2.45, 2.75) is 50.4 Å². The molecule has 0 aliphatic carbocycles. The van der Waals surface area contributed by atoms with Gasteiger partial charge in [-0.2, -0.15) is 0 Å². The van der Waals surface area contributed by atoms with Crippen molar-refractivity contribution in [3.63, 3.8) is 0 Å². The Labute approximate surface area is 114 Å². The lowest BCUT2D eigenvalue weighted by atomic mass is 10.0. The molecule has 0 aromatic carbocycles. The van der Waals surface area contributed by atoms with Crippen LogP contribution in [0.3, 0.4) is 0 Å². The number of hydrogen-bond donors (Lipinski definition) is 1. The number of nitrogens with zero attached hydrogens (tertiary/aromatic N) is 3. The second-order valence-corrected chi connectivity index (χ2v) is 7.39. The zero-order chi connectivity index (χ0) is 13.9. The SMILES string of the molecule is CCCn1nncc1C(NC)C1CCCCS1(=O)=O. The van der Waals surface area contributed by atoms with E-state index in [1.54, 1.807) is 13.2 Å². The number of sulfone groups is 1. The molecular formula is C12H22N4O2S. The van der Waals surface area contributed by atoms with Gasteiger partial charge in [-0.25, -0.2) is 13.1 Å². The minimum Gasteiger partial charge on any atom is -0.311 e. The van der Waals surface area contributed by atoms with Gasteiger partial charge >= 0.3 is 0 Å². The highest BCUT2D eigenvalue weighted by molar-refractivity contribution is 7.92. The summed E-state index contributed by atoms with van der Waals surface area (Å²) in [6, 6.07) is -0.216. The van der Waals surface area contributed by atoms with Crippen molar-refractivity contribution in [3.05, 3.63) is 11.9 Å². The molecule has 1 aromatic rings. The minimum atomic E-state index is -3.02. The van der Waals surface area contributed by atoms with Gasteiger partial charge in [0, 0.05) is 6.54 Å². The summed E-state index contributed by atoms with van der Waals surface area (Å²) in [4.78, 5) is 0. The molecule has 1 aliphatic heterocycles. The van der Waals surface area contributed by atoms with Crippen LogP contribution in [0.4, 0.5) is 0 Å². The number of hydrogen-bond acceptors (Lipinski definition) is 5. The Morgan fingerprint density at radius 3 is 2.95 bits per heavy atom. The summed E-state index contributed by atoms with van der Waals surface area (Å²) in [6.07, 6.45) is 5.09. The third-order valence-corrected chi connectivity index (χ3v) is 6.00. The van der Waals surface area contributed by atoms with E-state index in [9.17, 15) is 8.42 Å². The normalized spacial score (nSPS) is 24.2. The molecule has 1 fully saturated rings. The van der Waals surface area contributed by atoms with E-state index < -0.39 is 9.84 Å². The lowest BCUT2D eigenvalue weighted by molar-refractivity contribution is 0.436. The van der Waals surface area contributed by atoms with Crippen LogP contribution in [0.2, 0.25) is 0 Å². The Morgan fingerprint density at radius 2 is 2.32 bits per heavy atom. The summed E-state index contributed by atoms with van der Waals surface area (Å²) in [7, 11) is -1.22. The van der Waals surface area contributed by atoms with Crippen LogP contribution >= 0.6 is 0 Å². The van der Waals surface area contributed by atoms with Crippen LogP contribution in [-0.4, -0.2) is 41.5 Å². The lowest BCUT2D eigenvalue weighted by Crippen LogP contribution is -2.40. The maximum Gasteiger partial charge on any atom is 0.155 e. The lowest BCUT2D eigenvalue weighted by Gasteiger charge is -2.29. The molecule has 1 saturated heterocycles. The quantitative estimate of drug-likeness (QED) is 0.871. The fourth-order valence-electron chi connectivity index (χ4n) is 2.77. The zero-order valence-corrected chi connectivity index (χ0v) is 12.4. The highest BCUT2D eigenvalue weighted by atomic mass is 32.2. The summed E-state index contributed by atoms with van der Waals surface area (Å²) in [6.45, 7) is 2.83. The molecule has 19 heavy (non-hydrogen) atoms. The van der Waals surface area contributed by atoms with Crippen LogP contribution in [0.5, 0.6) is 0 Å². The fourth-order valence-corrected chi connectivity index (χ4v) is 4.90. The molecule has 2 unspecified atom stereocenters. The van der Waals surface area contributed by atoms with Crippen LogP contribution in [0.15, 0.2) is 6.20 Å². The first kappa shape index (κ1) is 14.5. The van der Waals surface area contributed by atoms with E-state index in [1.807, 2.05) is 4.68 Å². The van der Waals surface area contributed by atoms with E-state index in [1.165, 1.54) is 0 Å². The highest BCUT2D eigenvalue weighted by Crippen LogP contribution is 2.30. The Hall–Kier alpha value is -0.950. The first-order valence-corrected chi connectivity index (χ1v) is 8.59. The number of aryl methyl sites for hydroxylation is 1. The van der Waals surface area contributed by atoms with Gasteiger partial charge < -0.3 is 5.32 Å². The molecule has 2 atom stereocenters. The predicted octanol–water partition coefficient (Wildman–Crippen LogP) is 0.916. The highest BCUT2D eigenvalue weighted by Gasteiger charge is 2.37. The predicted molar refractivity (Wildman–Crippen MR) is 73.5 cm³/mol. The molecular weight excluding hydrogens is 264 g/mol. The second kappa shape index (κ2) is 6.00. The number of nitrogens with one attached hydrogen (secondary N) is 1. The van der Waals surface area contributed by atoms with Gasteiger partial charge in [-0.15, -0.1) is 5.10 Å². The van der Waals surface area contributed by atoms with Crippen LogP contribution in [0.1, 0.15) is 44.3 Å². The van der Waals surface area contributed by atoms with Gasteiger partial charge in [0.15, 0.2) is 9.84 Å². The number of aromatic nitrogens is 3. The van der Waals surface area contributed by atoms with E-state index in [-0.39, 0.29) is 11.3 Å². The molecule has 0 saturated carbocycles. The third-order valence-electron chi connectivity index (χ3n) is 3.71. The van der Waals surface area contributed by atoms with Crippen molar-refractivity contribution in [2.75, 3.05) is 12.8 Å². The Morgan fingerprint density at radius 1 is 1.53 bits per heavy atom. The average Bonchev–Trinajstić information content (AvgIpc) is 2.81. The van der Waals surface area contributed by atoms with E-state index in [0.717, 1.165) is 31.5 Å². The smallest absolute Gasteiger partial charge is 0.155 e. The van der Waals surface area contributed by atoms with Crippen LogP contribution in [0, 0.1) is 0 Å². The Balaban J connectivity index is 2.30. The molecule has 0 radical (unpaired) electrons. The molecule has 108 valence electrons. The number of rotatable bonds is 5. The summed E-state index contributed by atoms with van der Waals surface area (Å²) in [5, 5.41) is 10.8. The largest absolute Gasteiger partial charge is 0.311 e. The Bertz CT molecular complexity index is 512. The van der Waals surface area contributed by atoms with Gasteiger partial charge in [-0.3, -0.25) is 0 Å². The molecule has 0 spiro atoms. The molecule has 6 nitrogen and oxygen atoms in total. The van der Waals surface area contributed by atoms with Gasteiger partial charge in [0.1, 0.15) is 0 Å². The van der Waals surface area contributed by atoms with Crippen molar-refractivity contribution in [3.8, 4) is 0 Å². The molecule has 2 rings (SSSR count). The van der Waals surface area contributed by atoms with Crippen molar-refractivity contribution in [2.24, 2.45) is 0 Å². The monoisotopic (exact) mass is 286 g/mol.